The van der Waals surface area contributed by atoms with Gasteiger partial charge in [-0.1, -0.05) is 5.21 Å². The van der Waals surface area contributed by atoms with Crippen molar-refractivity contribution in [2.24, 2.45) is 0 Å². The Morgan fingerprint density at radius 3 is 3.08 bits per heavy atom. The third-order valence-corrected chi connectivity index (χ3v) is 2.19. The van der Waals surface area contributed by atoms with Crippen molar-refractivity contribution in [3.63, 3.8) is 0 Å². The van der Waals surface area contributed by atoms with Gasteiger partial charge in [0, 0.05) is 13.0 Å². The summed E-state index contributed by atoms with van der Waals surface area (Å²) in [6.45, 7) is 2.70. The summed E-state index contributed by atoms with van der Waals surface area (Å²) in [6, 6.07) is 0. The molecule has 1 heterocycles. The largest absolute Gasteiger partial charge is 0.292 e. The Morgan fingerprint density at radius 1 is 1.50 bits per heavy atom. The zero-order valence-corrected chi connectivity index (χ0v) is 7.08. The average molecular weight is 165 g/mol. The van der Waals surface area contributed by atoms with Gasteiger partial charge < -0.3 is 0 Å². The van der Waals surface area contributed by atoms with Crippen LogP contribution in [0.25, 0.3) is 0 Å². The molecule has 1 aromatic rings. The van der Waals surface area contributed by atoms with Gasteiger partial charge in [0.2, 0.25) is 0 Å². The molecular formula is C8H11N3O. The van der Waals surface area contributed by atoms with Gasteiger partial charge in [-0.3, -0.25) is 4.79 Å². The fourth-order valence-electron chi connectivity index (χ4n) is 1.58. The Labute approximate surface area is 70.6 Å². The van der Waals surface area contributed by atoms with Crippen LogP contribution in [-0.4, -0.2) is 20.8 Å². The van der Waals surface area contributed by atoms with Gasteiger partial charge >= 0.3 is 0 Å². The van der Waals surface area contributed by atoms with Crippen molar-refractivity contribution >= 4 is 5.78 Å². The predicted octanol–water partition coefficient (Wildman–Crippen LogP) is 0.817. The number of hydrogen-bond donors (Lipinski definition) is 0. The van der Waals surface area contributed by atoms with Crippen molar-refractivity contribution in [3.05, 3.63) is 11.4 Å². The van der Waals surface area contributed by atoms with Crippen LogP contribution in [0.2, 0.25) is 0 Å². The quantitative estimate of drug-likeness (QED) is 0.618. The van der Waals surface area contributed by atoms with Gasteiger partial charge in [-0.15, -0.1) is 5.10 Å². The molecule has 12 heavy (non-hydrogen) atoms. The van der Waals surface area contributed by atoms with Crippen LogP contribution >= 0.6 is 0 Å². The number of aryl methyl sites for hydroxylation is 2. The topological polar surface area (TPSA) is 47.8 Å². The van der Waals surface area contributed by atoms with E-state index >= 15 is 0 Å². The van der Waals surface area contributed by atoms with Crippen LogP contribution in [0.15, 0.2) is 0 Å². The van der Waals surface area contributed by atoms with Gasteiger partial charge in [0.05, 0.1) is 5.69 Å². The SMILES string of the molecule is CCn1nnc2c1C(=O)CCC2. The average Bonchev–Trinajstić information content (AvgIpc) is 2.49. The first kappa shape index (κ1) is 7.46. The fraction of sp³-hybridized carbons (Fsp3) is 0.625. The second-order valence-corrected chi connectivity index (χ2v) is 2.98. The second-order valence-electron chi connectivity index (χ2n) is 2.98. The molecule has 1 aliphatic rings. The van der Waals surface area contributed by atoms with Crippen LogP contribution in [0.1, 0.15) is 35.9 Å². The van der Waals surface area contributed by atoms with Gasteiger partial charge in [-0.2, -0.15) is 0 Å². The maximum atomic E-state index is 11.4. The van der Waals surface area contributed by atoms with Crippen molar-refractivity contribution in [1.29, 1.82) is 0 Å². The maximum absolute atomic E-state index is 11.4. The van der Waals surface area contributed by atoms with Crippen LogP contribution < -0.4 is 0 Å². The van der Waals surface area contributed by atoms with Crippen LogP contribution in [0.5, 0.6) is 0 Å². The van der Waals surface area contributed by atoms with Gasteiger partial charge in [0.25, 0.3) is 0 Å². The van der Waals surface area contributed by atoms with Gasteiger partial charge in [0.15, 0.2) is 5.78 Å². The van der Waals surface area contributed by atoms with E-state index in [4.69, 9.17) is 0 Å². The third kappa shape index (κ3) is 0.948. The molecule has 1 aliphatic carbocycles. The van der Waals surface area contributed by atoms with E-state index in [9.17, 15) is 4.79 Å². The smallest absolute Gasteiger partial charge is 0.182 e. The molecule has 64 valence electrons. The van der Waals surface area contributed by atoms with Crippen LogP contribution in [-0.2, 0) is 13.0 Å². The molecule has 0 spiro atoms. The summed E-state index contributed by atoms with van der Waals surface area (Å²) >= 11 is 0. The summed E-state index contributed by atoms with van der Waals surface area (Å²) in [4.78, 5) is 11.4. The lowest BCUT2D eigenvalue weighted by molar-refractivity contribution is 0.0961. The van der Waals surface area contributed by atoms with E-state index < -0.39 is 0 Å². The number of rotatable bonds is 1. The Kier molecular flexibility index (Phi) is 1.67. The van der Waals surface area contributed by atoms with E-state index in [1.165, 1.54) is 0 Å². The molecule has 0 N–H and O–H groups in total. The van der Waals surface area contributed by atoms with E-state index in [-0.39, 0.29) is 5.78 Å². The van der Waals surface area contributed by atoms with Gasteiger partial charge in [-0.05, 0) is 19.8 Å². The van der Waals surface area contributed by atoms with Crippen LogP contribution in [0.4, 0.5) is 0 Å². The maximum Gasteiger partial charge on any atom is 0.182 e. The normalized spacial score (nSPS) is 16.2. The molecule has 0 atom stereocenters. The molecule has 0 saturated carbocycles. The highest BCUT2D eigenvalue weighted by Crippen LogP contribution is 2.18. The summed E-state index contributed by atoms with van der Waals surface area (Å²) < 4.78 is 1.69. The lowest BCUT2D eigenvalue weighted by Crippen LogP contribution is -2.15. The molecule has 0 amide bonds. The number of nitrogens with zero attached hydrogens (tertiary/aromatic N) is 3. The standard InChI is InChI=1S/C8H11N3O/c1-2-11-8-6(9-10-11)4-3-5-7(8)12/h2-5H2,1H3. The number of carbonyl (C=O) groups excluding carboxylic acids is 1. The molecule has 0 bridgehead atoms. The zero-order valence-electron chi connectivity index (χ0n) is 7.08. The highest BCUT2D eigenvalue weighted by atomic mass is 16.1. The lowest BCUT2D eigenvalue weighted by Gasteiger charge is -2.09. The van der Waals surface area contributed by atoms with E-state index in [2.05, 4.69) is 10.3 Å². The van der Waals surface area contributed by atoms with Crippen molar-refractivity contribution < 1.29 is 4.79 Å². The molecule has 2 rings (SSSR count). The fourth-order valence-corrected chi connectivity index (χ4v) is 1.58. The van der Waals surface area contributed by atoms with Gasteiger partial charge in [-0.25, -0.2) is 4.68 Å². The molecule has 0 saturated heterocycles. The minimum Gasteiger partial charge on any atom is -0.292 e. The van der Waals surface area contributed by atoms with Crippen molar-refractivity contribution in [2.75, 3.05) is 0 Å². The second kappa shape index (κ2) is 2.69. The molecule has 0 unspecified atom stereocenters. The molecule has 0 radical (unpaired) electrons. The number of Topliss-reactive ketones (excluding diaryl/α,β-unsaturated/α-hetero) is 1. The lowest BCUT2D eigenvalue weighted by atomic mass is 10.00. The summed E-state index contributed by atoms with van der Waals surface area (Å²) in [5.74, 6) is 0.197. The number of aromatic nitrogens is 3. The first-order chi connectivity index (χ1) is 5.83. The monoisotopic (exact) mass is 165 g/mol. The zero-order chi connectivity index (χ0) is 8.55. The van der Waals surface area contributed by atoms with E-state index in [0.29, 0.717) is 6.42 Å². The van der Waals surface area contributed by atoms with E-state index in [1.807, 2.05) is 6.92 Å². The number of hydrogen-bond acceptors (Lipinski definition) is 3. The molecule has 0 aromatic carbocycles. The Balaban J connectivity index is 2.50. The molecule has 4 heteroatoms. The highest BCUT2D eigenvalue weighted by Gasteiger charge is 2.23. The summed E-state index contributed by atoms with van der Waals surface area (Å²) in [6.07, 6.45) is 2.48. The van der Waals surface area contributed by atoms with Crippen molar-refractivity contribution in [1.82, 2.24) is 15.0 Å². The van der Waals surface area contributed by atoms with Crippen LogP contribution in [0, 0.1) is 0 Å². The number of carbonyl (C=O) groups is 1. The van der Waals surface area contributed by atoms with Gasteiger partial charge in [0.1, 0.15) is 5.69 Å². The predicted molar refractivity (Wildman–Crippen MR) is 43.0 cm³/mol. The summed E-state index contributed by atoms with van der Waals surface area (Å²) in [5.41, 5.74) is 1.62. The number of ketones is 1. The molecular weight excluding hydrogens is 154 g/mol. The highest BCUT2D eigenvalue weighted by molar-refractivity contribution is 5.96. The summed E-state index contributed by atoms with van der Waals surface area (Å²) in [5, 5.41) is 7.88. The molecule has 0 aliphatic heterocycles. The molecule has 0 fully saturated rings. The first-order valence-corrected chi connectivity index (χ1v) is 4.28. The minimum absolute atomic E-state index is 0.197. The Morgan fingerprint density at radius 2 is 2.33 bits per heavy atom. The van der Waals surface area contributed by atoms with E-state index in [1.54, 1.807) is 4.68 Å². The third-order valence-electron chi connectivity index (χ3n) is 2.19. The van der Waals surface area contributed by atoms with Crippen LogP contribution in [0.3, 0.4) is 0 Å². The summed E-state index contributed by atoms with van der Waals surface area (Å²) in [7, 11) is 0. The Bertz CT molecular complexity index is 303. The minimum atomic E-state index is 0.197. The van der Waals surface area contributed by atoms with Crippen molar-refractivity contribution in [2.45, 2.75) is 32.7 Å². The number of fused-ring (bicyclic) bond motifs is 1. The Hall–Kier alpha value is -1.19. The van der Waals surface area contributed by atoms with E-state index in [0.717, 1.165) is 30.8 Å². The molecule has 1 aromatic heterocycles. The molecule has 4 nitrogen and oxygen atoms in total. The van der Waals surface area contributed by atoms with Crippen molar-refractivity contribution in [3.8, 4) is 0 Å². The first-order valence-electron chi connectivity index (χ1n) is 4.28.